The van der Waals surface area contributed by atoms with Gasteiger partial charge in [-0.2, -0.15) is 0 Å². The minimum absolute atomic E-state index is 0.0488. The van der Waals surface area contributed by atoms with Crippen LogP contribution in [0.3, 0.4) is 0 Å². The monoisotopic (exact) mass is 422 g/mol. The quantitative estimate of drug-likeness (QED) is 0.661. The molecule has 7 nitrogen and oxygen atoms in total. The van der Waals surface area contributed by atoms with Crippen LogP contribution in [-0.2, 0) is 31.3 Å². The molecule has 2 aliphatic rings. The Balaban J connectivity index is 1.33. The predicted molar refractivity (Wildman–Crippen MR) is 115 cm³/mol. The number of likely N-dealkylation sites (N-methyl/N-ethyl adjacent to an activating group) is 1. The van der Waals surface area contributed by atoms with Crippen LogP contribution in [0.25, 0.3) is 0 Å². The molecule has 0 atom stereocenters. The van der Waals surface area contributed by atoms with Gasteiger partial charge in [0.15, 0.2) is 11.6 Å². The largest absolute Gasteiger partial charge is 0.356 e. The maximum Gasteiger partial charge on any atom is 0.231 e. The molecule has 2 heterocycles. The summed E-state index contributed by atoms with van der Waals surface area (Å²) in [6.07, 6.45) is 1.10. The molecule has 0 aliphatic carbocycles. The van der Waals surface area contributed by atoms with Crippen molar-refractivity contribution in [3.05, 3.63) is 65.2 Å². The summed E-state index contributed by atoms with van der Waals surface area (Å²) in [4.78, 5) is 38.0. The molecule has 4 rings (SSSR count). The van der Waals surface area contributed by atoms with Crippen LogP contribution >= 0.6 is 0 Å². The number of benzene rings is 2. The van der Waals surface area contributed by atoms with Crippen LogP contribution in [0.5, 0.6) is 0 Å². The number of Topliss-reactive ketones (excluding diaryl/α,β-unsaturated/α-hetero) is 1. The van der Waals surface area contributed by atoms with Gasteiger partial charge < -0.3 is 19.7 Å². The minimum Gasteiger partial charge on any atom is -0.356 e. The lowest BCUT2D eigenvalue weighted by Gasteiger charge is -2.28. The number of fused-ring (bicyclic) bond motifs is 1. The smallest absolute Gasteiger partial charge is 0.231 e. The molecule has 2 aromatic carbocycles. The number of ether oxygens (including phenoxy) is 2. The summed E-state index contributed by atoms with van der Waals surface area (Å²) in [5, 5.41) is 2.86. The molecule has 0 aromatic heterocycles. The van der Waals surface area contributed by atoms with E-state index in [9.17, 15) is 14.4 Å². The van der Waals surface area contributed by atoms with Gasteiger partial charge in [-0.05, 0) is 17.7 Å². The van der Waals surface area contributed by atoms with Crippen LogP contribution < -0.4 is 10.2 Å². The summed E-state index contributed by atoms with van der Waals surface area (Å²) in [5.41, 5.74) is 3.31. The molecule has 2 aromatic rings. The van der Waals surface area contributed by atoms with Gasteiger partial charge in [0.05, 0.1) is 19.6 Å². The molecule has 0 spiro atoms. The summed E-state index contributed by atoms with van der Waals surface area (Å²) in [6.45, 7) is 1.29. The highest BCUT2D eigenvalue weighted by Gasteiger charge is 2.39. The van der Waals surface area contributed by atoms with Crippen molar-refractivity contribution in [1.82, 2.24) is 5.32 Å². The highest BCUT2D eigenvalue weighted by molar-refractivity contribution is 6.01. The Bertz CT molecular complexity index is 983. The summed E-state index contributed by atoms with van der Waals surface area (Å²) < 4.78 is 11.9. The average molecular weight is 422 g/mol. The first kappa shape index (κ1) is 21.2. The lowest BCUT2D eigenvalue weighted by atomic mass is 9.98. The molecule has 1 saturated heterocycles. The van der Waals surface area contributed by atoms with Gasteiger partial charge >= 0.3 is 0 Å². The van der Waals surface area contributed by atoms with E-state index in [1.54, 1.807) is 36.2 Å². The fraction of sp³-hybridized carbons (Fsp3) is 0.375. The maximum absolute atomic E-state index is 12.2. The molecule has 0 unspecified atom stereocenters. The Kier molecular flexibility index (Phi) is 6.15. The lowest BCUT2D eigenvalue weighted by Crippen LogP contribution is -2.34. The lowest BCUT2D eigenvalue weighted by molar-refractivity contribution is -0.170. The minimum atomic E-state index is -0.938. The fourth-order valence-corrected chi connectivity index (χ4v) is 4.07. The normalized spacial score (nSPS) is 16.9. The number of rotatable bonds is 8. The van der Waals surface area contributed by atoms with E-state index in [0.717, 1.165) is 16.8 Å². The third-order valence-corrected chi connectivity index (χ3v) is 5.80. The van der Waals surface area contributed by atoms with Crippen molar-refractivity contribution in [3.8, 4) is 0 Å². The molecule has 2 amide bonds. The van der Waals surface area contributed by atoms with Crippen molar-refractivity contribution >= 4 is 23.3 Å². The number of nitrogens with zero attached hydrogens (tertiary/aromatic N) is 1. The van der Waals surface area contributed by atoms with E-state index in [1.807, 2.05) is 24.3 Å². The number of carbonyl (C=O) groups excluding carboxylic acids is 3. The van der Waals surface area contributed by atoms with Gasteiger partial charge in [0.2, 0.25) is 11.8 Å². The second-order valence-electron chi connectivity index (χ2n) is 7.81. The molecule has 7 heteroatoms. The fourth-order valence-electron chi connectivity index (χ4n) is 4.07. The molecular formula is C24H26N2O5. The third-order valence-electron chi connectivity index (χ3n) is 5.80. The number of ketones is 1. The van der Waals surface area contributed by atoms with Gasteiger partial charge in [0, 0.05) is 49.7 Å². The van der Waals surface area contributed by atoms with E-state index in [-0.39, 0.29) is 30.4 Å². The molecule has 1 fully saturated rings. The third kappa shape index (κ3) is 4.52. The second kappa shape index (κ2) is 8.99. The van der Waals surface area contributed by atoms with Gasteiger partial charge in [-0.15, -0.1) is 0 Å². The summed E-state index contributed by atoms with van der Waals surface area (Å²) in [5.74, 6) is -1.11. The molecule has 0 bridgehead atoms. The Labute approximate surface area is 181 Å². The van der Waals surface area contributed by atoms with Gasteiger partial charge in [0.1, 0.15) is 0 Å². The number of nitrogens with one attached hydrogen (secondary N) is 1. The number of hydrogen-bond acceptors (Lipinski definition) is 5. The van der Waals surface area contributed by atoms with Crippen molar-refractivity contribution in [3.63, 3.8) is 0 Å². The van der Waals surface area contributed by atoms with Crippen LogP contribution in [-0.4, -0.2) is 44.4 Å². The van der Waals surface area contributed by atoms with Gasteiger partial charge in [-0.25, -0.2) is 0 Å². The zero-order valence-electron chi connectivity index (χ0n) is 17.6. The Hall–Kier alpha value is -3.03. The van der Waals surface area contributed by atoms with Crippen LogP contribution in [0, 0.1) is 0 Å². The molecular weight excluding hydrogens is 396 g/mol. The summed E-state index contributed by atoms with van der Waals surface area (Å²) >= 11 is 0. The van der Waals surface area contributed by atoms with Crippen molar-refractivity contribution in [2.45, 2.75) is 31.5 Å². The van der Waals surface area contributed by atoms with Gasteiger partial charge in [0.25, 0.3) is 0 Å². The van der Waals surface area contributed by atoms with Crippen LogP contribution in [0.15, 0.2) is 48.5 Å². The summed E-state index contributed by atoms with van der Waals surface area (Å²) in [6, 6.07) is 14.8. The molecule has 162 valence electrons. The molecule has 0 saturated carbocycles. The van der Waals surface area contributed by atoms with E-state index in [2.05, 4.69) is 5.32 Å². The maximum atomic E-state index is 12.2. The number of carbonyl (C=O) groups is 3. The Morgan fingerprint density at radius 1 is 1.06 bits per heavy atom. The van der Waals surface area contributed by atoms with Gasteiger partial charge in [-0.3, -0.25) is 14.4 Å². The zero-order valence-corrected chi connectivity index (χ0v) is 17.6. The number of amides is 2. The topological polar surface area (TPSA) is 84.9 Å². The molecule has 2 aliphatic heterocycles. The Morgan fingerprint density at radius 2 is 1.81 bits per heavy atom. The van der Waals surface area contributed by atoms with Crippen molar-refractivity contribution in [2.24, 2.45) is 0 Å². The van der Waals surface area contributed by atoms with Crippen LogP contribution in [0.2, 0.25) is 0 Å². The van der Waals surface area contributed by atoms with E-state index < -0.39 is 5.79 Å². The number of anilines is 1. The highest BCUT2D eigenvalue weighted by Crippen LogP contribution is 2.38. The van der Waals surface area contributed by atoms with Crippen LogP contribution in [0.1, 0.15) is 40.7 Å². The molecule has 1 N–H and O–H groups in total. The molecule has 0 radical (unpaired) electrons. The highest BCUT2D eigenvalue weighted by atomic mass is 16.7. The predicted octanol–water partition coefficient (Wildman–Crippen LogP) is 2.57. The van der Waals surface area contributed by atoms with Crippen molar-refractivity contribution < 1.29 is 23.9 Å². The average Bonchev–Trinajstić information content (AvgIpc) is 3.38. The first-order chi connectivity index (χ1) is 15.0. The zero-order chi connectivity index (χ0) is 21.8. The first-order valence-electron chi connectivity index (χ1n) is 10.5. The standard InChI is InChI=1S/C24H26N2O5/c1-26-20-8-7-19(15-18(20)16-23(26)29)24(30-13-14-31-24)11-12-25-22(28)10-9-21(27)17-5-3-2-4-6-17/h2-8,15H,9-14,16H2,1H3,(H,25,28). The van der Waals surface area contributed by atoms with E-state index >= 15 is 0 Å². The van der Waals surface area contributed by atoms with Gasteiger partial charge in [-0.1, -0.05) is 36.4 Å². The second-order valence-corrected chi connectivity index (χ2v) is 7.81. The Morgan fingerprint density at radius 3 is 2.55 bits per heavy atom. The van der Waals surface area contributed by atoms with E-state index in [1.165, 1.54) is 0 Å². The SMILES string of the molecule is CN1C(=O)Cc2cc(C3(CCNC(=O)CCC(=O)c4ccccc4)OCCO3)ccc21. The number of hydrogen-bond donors (Lipinski definition) is 1. The van der Waals surface area contributed by atoms with E-state index in [4.69, 9.17) is 9.47 Å². The first-order valence-corrected chi connectivity index (χ1v) is 10.5. The molecule has 31 heavy (non-hydrogen) atoms. The van der Waals surface area contributed by atoms with E-state index in [0.29, 0.717) is 38.2 Å². The van der Waals surface area contributed by atoms with Crippen LogP contribution in [0.4, 0.5) is 5.69 Å². The van der Waals surface area contributed by atoms with Crippen molar-refractivity contribution in [1.29, 1.82) is 0 Å². The summed E-state index contributed by atoms with van der Waals surface area (Å²) in [7, 11) is 1.77. The van der Waals surface area contributed by atoms with Crippen molar-refractivity contribution in [2.75, 3.05) is 31.7 Å².